The molecule has 3 heteroatoms. The van der Waals surface area contributed by atoms with Gasteiger partial charge in [-0.05, 0) is 42.5 Å². The molecule has 0 N–H and O–H groups in total. The van der Waals surface area contributed by atoms with E-state index in [1.54, 1.807) is 0 Å². The number of fused-ring (bicyclic) bond motifs is 1. The summed E-state index contributed by atoms with van der Waals surface area (Å²) in [6.45, 7) is 8.48. The lowest BCUT2D eigenvalue weighted by Gasteiger charge is -2.38. The molecule has 1 saturated heterocycles. The Bertz CT molecular complexity index is 442. The number of piperidine rings is 1. The molecule has 0 atom stereocenters. The highest BCUT2D eigenvalue weighted by Gasteiger charge is 2.26. The minimum Gasteiger partial charge on any atom is -0.454 e. The van der Waals surface area contributed by atoms with Crippen LogP contribution in [0.15, 0.2) is 18.2 Å². The van der Waals surface area contributed by atoms with Gasteiger partial charge in [0.15, 0.2) is 11.5 Å². The van der Waals surface area contributed by atoms with Crippen molar-refractivity contribution in [1.29, 1.82) is 0 Å². The molecule has 3 nitrogen and oxygen atoms in total. The molecule has 0 aromatic heterocycles. The van der Waals surface area contributed by atoms with Gasteiger partial charge in [-0.25, -0.2) is 0 Å². The first-order chi connectivity index (χ1) is 8.62. The van der Waals surface area contributed by atoms with Crippen LogP contribution in [0.2, 0.25) is 0 Å². The normalized spacial score (nSPS) is 22.1. The predicted octanol–water partition coefficient (Wildman–Crippen LogP) is 3.04. The summed E-state index contributed by atoms with van der Waals surface area (Å²) in [6.07, 6.45) is 2.64. The van der Waals surface area contributed by atoms with Crippen LogP contribution in [0.3, 0.4) is 0 Å². The van der Waals surface area contributed by atoms with E-state index in [0.29, 0.717) is 12.2 Å². The number of ether oxygens (including phenoxy) is 2. The zero-order valence-electron chi connectivity index (χ0n) is 11.2. The maximum atomic E-state index is 5.43. The first-order valence-electron chi connectivity index (χ1n) is 6.73. The fourth-order valence-electron chi connectivity index (χ4n) is 2.98. The second kappa shape index (κ2) is 4.47. The predicted molar refractivity (Wildman–Crippen MR) is 70.9 cm³/mol. The number of nitrogens with zero attached hydrogens (tertiary/aromatic N) is 1. The standard InChI is InChI=1S/C15H21NO2/c1-15(2)6-3-7-16(10-15)9-12-4-5-13-14(8-12)18-11-17-13/h4-5,8H,3,6-7,9-11H2,1-2H3. The van der Waals surface area contributed by atoms with Gasteiger partial charge in [-0.2, -0.15) is 0 Å². The number of benzene rings is 1. The summed E-state index contributed by atoms with van der Waals surface area (Å²) < 4.78 is 10.8. The summed E-state index contributed by atoms with van der Waals surface area (Å²) in [6, 6.07) is 6.28. The Kier molecular flexibility index (Phi) is 2.94. The third kappa shape index (κ3) is 2.46. The van der Waals surface area contributed by atoms with E-state index >= 15 is 0 Å². The minimum absolute atomic E-state index is 0.357. The highest BCUT2D eigenvalue weighted by Crippen LogP contribution is 2.34. The van der Waals surface area contributed by atoms with Crippen molar-refractivity contribution in [1.82, 2.24) is 4.90 Å². The zero-order chi connectivity index (χ0) is 12.6. The van der Waals surface area contributed by atoms with Crippen molar-refractivity contribution in [2.45, 2.75) is 33.2 Å². The SMILES string of the molecule is CC1(C)CCCN(Cc2ccc3c(c2)OCO3)C1. The van der Waals surface area contributed by atoms with E-state index in [1.807, 2.05) is 6.07 Å². The van der Waals surface area contributed by atoms with Crippen LogP contribution in [0, 0.1) is 5.41 Å². The minimum atomic E-state index is 0.357. The van der Waals surface area contributed by atoms with Gasteiger partial charge in [0.2, 0.25) is 6.79 Å². The van der Waals surface area contributed by atoms with Crippen LogP contribution in [0.4, 0.5) is 0 Å². The third-order valence-corrected chi connectivity index (χ3v) is 3.82. The molecule has 1 fully saturated rings. The van der Waals surface area contributed by atoms with Gasteiger partial charge in [0.25, 0.3) is 0 Å². The second-order valence-electron chi connectivity index (χ2n) is 6.17. The number of rotatable bonds is 2. The molecule has 0 aliphatic carbocycles. The average molecular weight is 247 g/mol. The van der Waals surface area contributed by atoms with Crippen molar-refractivity contribution in [2.24, 2.45) is 5.41 Å². The lowest BCUT2D eigenvalue weighted by molar-refractivity contribution is 0.111. The number of likely N-dealkylation sites (tertiary alicyclic amines) is 1. The molecule has 2 aliphatic heterocycles. The first kappa shape index (κ1) is 11.8. The van der Waals surface area contributed by atoms with Crippen molar-refractivity contribution in [3.8, 4) is 11.5 Å². The van der Waals surface area contributed by atoms with Gasteiger partial charge in [-0.15, -0.1) is 0 Å². The van der Waals surface area contributed by atoms with E-state index < -0.39 is 0 Å². The molecule has 0 unspecified atom stereocenters. The molecule has 1 aromatic rings. The largest absolute Gasteiger partial charge is 0.454 e. The Morgan fingerprint density at radius 2 is 2.06 bits per heavy atom. The summed E-state index contributed by atoms with van der Waals surface area (Å²) >= 11 is 0. The number of hydrogen-bond donors (Lipinski definition) is 0. The van der Waals surface area contributed by atoms with Gasteiger partial charge >= 0.3 is 0 Å². The fraction of sp³-hybridized carbons (Fsp3) is 0.600. The van der Waals surface area contributed by atoms with E-state index in [-0.39, 0.29) is 0 Å². The van der Waals surface area contributed by atoms with Crippen LogP contribution in [0.1, 0.15) is 32.3 Å². The lowest BCUT2D eigenvalue weighted by atomic mass is 9.84. The molecular weight excluding hydrogens is 226 g/mol. The van der Waals surface area contributed by atoms with E-state index in [2.05, 4.69) is 30.9 Å². The monoisotopic (exact) mass is 247 g/mol. The molecule has 2 aliphatic rings. The molecule has 0 spiro atoms. The van der Waals surface area contributed by atoms with Gasteiger partial charge in [0, 0.05) is 13.1 Å². The van der Waals surface area contributed by atoms with E-state index in [4.69, 9.17) is 9.47 Å². The second-order valence-corrected chi connectivity index (χ2v) is 6.17. The molecule has 0 saturated carbocycles. The molecule has 0 bridgehead atoms. The van der Waals surface area contributed by atoms with Crippen LogP contribution in [0.25, 0.3) is 0 Å². The summed E-state index contributed by atoms with van der Waals surface area (Å²) in [7, 11) is 0. The quantitative estimate of drug-likeness (QED) is 0.801. The van der Waals surface area contributed by atoms with Crippen molar-refractivity contribution in [3.05, 3.63) is 23.8 Å². The van der Waals surface area contributed by atoms with Crippen molar-refractivity contribution < 1.29 is 9.47 Å². The average Bonchev–Trinajstić information content (AvgIpc) is 2.74. The first-order valence-corrected chi connectivity index (χ1v) is 6.73. The molecule has 18 heavy (non-hydrogen) atoms. The van der Waals surface area contributed by atoms with Crippen LogP contribution in [-0.4, -0.2) is 24.8 Å². The highest BCUT2D eigenvalue weighted by atomic mass is 16.7. The summed E-state index contributed by atoms with van der Waals surface area (Å²) in [5.41, 5.74) is 1.77. The van der Waals surface area contributed by atoms with Crippen LogP contribution in [-0.2, 0) is 6.54 Å². The summed E-state index contributed by atoms with van der Waals surface area (Å²) in [4.78, 5) is 2.54. The maximum absolute atomic E-state index is 5.43. The Morgan fingerprint density at radius 1 is 1.22 bits per heavy atom. The smallest absolute Gasteiger partial charge is 0.231 e. The topological polar surface area (TPSA) is 21.7 Å². The zero-order valence-corrected chi connectivity index (χ0v) is 11.2. The molecular formula is C15H21NO2. The van der Waals surface area contributed by atoms with Gasteiger partial charge in [0.05, 0.1) is 0 Å². The van der Waals surface area contributed by atoms with Crippen molar-refractivity contribution >= 4 is 0 Å². The van der Waals surface area contributed by atoms with E-state index in [9.17, 15) is 0 Å². The van der Waals surface area contributed by atoms with Crippen LogP contribution < -0.4 is 9.47 Å². The molecule has 1 aromatic carbocycles. The maximum Gasteiger partial charge on any atom is 0.231 e. The summed E-state index contributed by atoms with van der Waals surface area (Å²) in [5.74, 6) is 1.77. The Morgan fingerprint density at radius 3 is 2.89 bits per heavy atom. The molecule has 98 valence electrons. The third-order valence-electron chi connectivity index (χ3n) is 3.82. The summed E-state index contributed by atoms with van der Waals surface area (Å²) in [5, 5.41) is 0. The van der Waals surface area contributed by atoms with Crippen LogP contribution >= 0.6 is 0 Å². The highest BCUT2D eigenvalue weighted by molar-refractivity contribution is 5.44. The van der Waals surface area contributed by atoms with Crippen molar-refractivity contribution in [3.63, 3.8) is 0 Å². The Labute approximate surface area is 109 Å². The van der Waals surface area contributed by atoms with Crippen molar-refractivity contribution in [2.75, 3.05) is 19.9 Å². The van der Waals surface area contributed by atoms with Gasteiger partial charge in [-0.1, -0.05) is 19.9 Å². The molecule has 0 radical (unpaired) electrons. The van der Waals surface area contributed by atoms with Crippen LogP contribution in [0.5, 0.6) is 11.5 Å². The van der Waals surface area contributed by atoms with Gasteiger partial charge in [0.1, 0.15) is 0 Å². The number of hydrogen-bond acceptors (Lipinski definition) is 3. The van der Waals surface area contributed by atoms with Gasteiger partial charge < -0.3 is 9.47 Å². The Hall–Kier alpha value is -1.22. The molecule has 0 amide bonds. The fourth-order valence-corrected chi connectivity index (χ4v) is 2.98. The van der Waals surface area contributed by atoms with E-state index in [1.165, 1.54) is 31.5 Å². The van der Waals surface area contributed by atoms with Gasteiger partial charge in [-0.3, -0.25) is 4.90 Å². The molecule has 3 rings (SSSR count). The lowest BCUT2D eigenvalue weighted by Crippen LogP contribution is -2.39. The molecule has 2 heterocycles. The Balaban J connectivity index is 1.69. The van der Waals surface area contributed by atoms with E-state index in [0.717, 1.165) is 18.0 Å².